The molecular weight excluding hydrogens is 286 g/mol. The lowest BCUT2D eigenvalue weighted by Crippen LogP contribution is -2.04. The monoisotopic (exact) mass is 299 g/mol. The summed E-state index contributed by atoms with van der Waals surface area (Å²) in [4.78, 5) is 1.69. The fourth-order valence-electron chi connectivity index (χ4n) is 1.93. The van der Waals surface area contributed by atoms with Crippen molar-refractivity contribution < 1.29 is 8.42 Å². The van der Waals surface area contributed by atoms with Gasteiger partial charge in [0.25, 0.3) is 0 Å². The van der Waals surface area contributed by atoms with E-state index in [0.29, 0.717) is 4.90 Å². The highest BCUT2D eigenvalue weighted by Crippen LogP contribution is 2.11. The predicted octanol–water partition coefficient (Wildman–Crippen LogP) is 2.38. The molecular formula is C15H13N3O2S. The van der Waals surface area contributed by atoms with Crippen molar-refractivity contribution in [2.24, 2.45) is 0 Å². The number of fused-ring (bicyclic) bond motifs is 1. The molecule has 106 valence electrons. The highest BCUT2D eigenvalue weighted by Gasteiger charge is 2.11. The first-order valence-corrected chi connectivity index (χ1v) is 8.06. The van der Waals surface area contributed by atoms with E-state index in [-0.39, 0.29) is 5.75 Å². The van der Waals surface area contributed by atoms with Crippen LogP contribution in [0.2, 0.25) is 0 Å². The number of hydrogen-bond donors (Lipinski definition) is 0. The average molecular weight is 299 g/mol. The van der Waals surface area contributed by atoms with Gasteiger partial charge in [-0.1, -0.05) is 30.3 Å². The fourth-order valence-corrected chi connectivity index (χ4v) is 3.03. The van der Waals surface area contributed by atoms with Gasteiger partial charge in [-0.15, -0.1) is 10.2 Å². The Morgan fingerprint density at radius 1 is 0.905 bits per heavy atom. The van der Waals surface area contributed by atoms with E-state index in [0.717, 1.165) is 11.0 Å². The molecule has 0 spiro atoms. The van der Waals surface area contributed by atoms with Crippen LogP contribution in [0.1, 0.15) is 0 Å². The Labute approximate surface area is 122 Å². The summed E-state index contributed by atoms with van der Waals surface area (Å²) in [6, 6.07) is 15.8. The van der Waals surface area contributed by atoms with E-state index >= 15 is 0 Å². The van der Waals surface area contributed by atoms with Crippen molar-refractivity contribution in [3.8, 4) is 0 Å². The minimum absolute atomic E-state index is 0.0884. The number of nitrogens with zero attached hydrogens (tertiary/aromatic N) is 3. The number of sulfone groups is 1. The van der Waals surface area contributed by atoms with Gasteiger partial charge in [-0.05, 0) is 30.3 Å². The minimum Gasteiger partial charge on any atom is -0.223 e. The highest BCUT2D eigenvalue weighted by atomic mass is 32.2. The van der Waals surface area contributed by atoms with Crippen molar-refractivity contribution >= 4 is 27.1 Å². The third-order valence-electron chi connectivity index (χ3n) is 2.96. The Kier molecular flexibility index (Phi) is 3.53. The SMILES string of the molecule is O=S(=O)(C/C=C/n1nc2ccccc2n1)c1ccccc1. The van der Waals surface area contributed by atoms with Crippen LogP contribution in [0.5, 0.6) is 0 Å². The highest BCUT2D eigenvalue weighted by molar-refractivity contribution is 7.91. The smallest absolute Gasteiger partial charge is 0.181 e. The van der Waals surface area contributed by atoms with E-state index in [9.17, 15) is 8.42 Å². The van der Waals surface area contributed by atoms with Crippen LogP contribution in [0.25, 0.3) is 17.2 Å². The van der Waals surface area contributed by atoms with Crippen molar-refractivity contribution in [1.29, 1.82) is 0 Å². The quantitative estimate of drug-likeness (QED) is 0.742. The molecule has 0 bridgehead atoms. The summed E-state index contributed by atoms with van der Waals surface area (Å²) in [6.07, 6.45) is 3.10. The molecule has 0 aliphatic heterocycles. The topological polar surface area (TPSA) is 64.8 Å². The van der Waals surface area contributed by atoms with Crippen LogP contribution >= 0.6 is 0 Å². The zero-order valence-electron chi connectivity index (χ0n) is 11.1. The van der Waals surface area contributed by atoms with Gasteiger partial charge in [-0.25, -0.2) is 8.42 Å². The number of rotatable bonds is 4. The molecule has 21 heavy (non-hydrogen) atoms. The van der Waals surface area contributed by atoms with E-state index in [1.165, 1.54) is 4.80 Å². The third-order valence-corrected chi connectivity index (χ3v) is 4.58. The van der Waals surface area contributed by atoms with Crippen molar-refractivity contribution in [3.63, 3.8) is 0 Å². The third kappa shape index (κ3) is 3.00. The molecule has 2 aromatic carbocycles. The standard InChI is InChI=1S/C15H13N3O2S/c19-21(20,13-7-2-1-3-8-13)12-6-11-18-16-14-9-4-5-10-15(14)17-18/h1-11H,12H2/b11-6+. The van der Waals surface area contributed by atoms with E-state index in [1.807, 2.05) is 24.3 Å². The van der Waals surface area contributed by atoms with Crippen LogP contribution in [0, 0.1) is 0 Å². The van der Waals surface area contributed by atoms with Gasteiger partial charge in [0, 0.05) is 6.20 Å². The zero-order chi connectivity index (χ0) is 14.7. The van der Waals surface area contributed by atoms with Gasteiger partial charge in [0.15, 0.2) is 9.84 Å². The molecule has 0 atom stereocenters. The summed E-state index contributed by atoms with van der Waals surface area (Å²) in [7, 11) is -3.32. The molecule has 0 radical (unpaired) electrons. The van der Waals surface area contributed by atoms with E-state index in [2.05, 4.69) is 10.2 Å². The van der Waals surface area contributed by atoms with Crippen LogP contribution in [-0.4, -0.2) is 29.2 Å². The van der Waals surface area contributed by atoms with Gasteiger partial charge in [0.05, 0.1) is 10.6 Å². The van der Waals surface area contributed by atoms with Crippen LogP contribution < -0.4 is 0 Å². The molecule has 0 fully saturated rings. The fraction of sp³-hybridized carbons (Fsp3) is 0.0667. The Balaban J connectivity index is 1.78. The van der Waals surface area contributed by atoms with Gasteiger partial charge in [-0.3, -0.25) is 0 Å². The van der Waals surface area contributed by atoms with E-state index in [4.69, 9.17) is 0 Å². The summed E-state index contributed by atoms with van der Waals surface area (Å²) >= 11 is 0. The van der Waals surface area contributed by atoms with E-state index < -0.39 is 9.84 Å². The maximum Gasteiger partial charge on any atom is 0.181 e. The van der Waals surface area contributed by atoms with Crippen molar-refractivity contribution in [2.45, 2.75) is 4.90 Å². The molecule has 0 aliphatic carbocycles. The van der Waals surface area contributed by atoms with Crippen molar-refractivity contribution in [3.05, 3.63) is 60.7 Å². The lowest BCUT2D eigenvalue weighted by molar-refractivity contribution is 0.599. The van der Waals surface area contributed by atoms with Gasteiger partial charge in [0.1, 0.15) is 11.0 Å². The molecule has 3 rings (SSSR count). The molecule has 0 unspecified atom stereocenters. The number of benzene rings is 2. The Hall–Kier alpha value is -2.47. The van der Waals surface area contributed by atoms with E-state index in [1.54, 1.807) is 42.6 Å². The lowest BCUT2D eigenvalue weighted by Gasteiger charge is -1.99. The first-order valence-electron chi connectivity index (χ1n) is 6.41. The van der Waals surface area contributed by atoms with Crippen LogP contribution in [0.3, 0.4) is 0 Å². The van der Waals surface area contributed by atoms with Gasteiger partial charge in [-0.2, -0.15) is 4.80 Å². The zero-order valence-corrected chi connectivity index (χ0v) is 11.9. The maximum absolute atomic E-state index is 12.1. The van der Waals surface area contributed by atoms with Gasteiger partial charge < -0.3 is 0 Å². The molecule has 0 amide bonds. The number of hydrogen-bond acceptors (Lipinski definition) is 4. The van der Waals surface area contributed by atoms with Crippen LogP contribution in [-0.2, 0) is 9.84 Å². The second-order valence-electron chi connectivity index (χ2n) is 4.49. The molecule has 5 nitrogen and oxygen atoms in total. The molecule has 3 aromatic rings. The molecule has 1 heterocycles. The van der Waals surface area contributed by atoms with Crippen molar-refractivity contribution in [2.75, 3.05) is 5.75 Å². The second-order valence-corrected chi connectivity index (χ2v) is 6.52. The normalized spacial score (nSPS) is 12.2. The maximum atomic E-state index is 12.1. The van der Waals surface area contributed by atoms with Crippen LogP contribution in [0.15, 0.2) is 65.6 Å². The largest absolute Gasteiger partial charge is 0.223 e. The van der Waals surface area contributed by atoms with Gasteiger partial charge >= 0.3 is 0 Å². The summed E-state index contributed by atoms with van der Waals surface area (Å²) in [6.45, 7) is 0. The predicted molar refractivity (Wildman–Crippen MR) is 81.4 cm³/mol. The summed E-state index contributed by atoms with van der Waals surface area (Å²) in [5, 5.41) is 8.46. The molecule has 0 saturated carbocycles. The van der Waals surface area contributed by atoms with Crippen molar-refractivity contribution in [1.82, 2.24) is 15.0 Å². The second kappa shape index (κ2) is 5.49. The average Bonchev–Trinajstić information content (AvgIpc) is 2.90. The summed E-state index contributed by atoms with van der Waals surface area (Å²) in [5.74, 6) is -0.0884. The Bertz CT molecular complexity index is 850. The molecule has 0 aliphatic rings. The Morgan fingerprint density at radius 3 is 2.10 bits per heavy atom. The molecule has 1 aromatic heterocycles. The molecule has 6 heteroatoms. The molecule has 0 N–H and O–H groups in total. The van der Waals surface area contributed by atoms with Crippen LogP contribution in [0.4, 0.5) is 0 Å². The van der Waals surface area contributed by atoms with Gasteiger partial charge in [0.2, 0.25) is 0 Å². The lowest BCUT2D eigenvalue weighted by atomic mass is 10.3. The first kappa shape index (κ1) is 13.5. The molecule has 0 saturated heterocycles. The Morgan fingerprint density at radius 2 is 1.48 bits per heavy atom. The summed E-state index contributed by atoms with van der Waals surface area (Å²) in [5.41, 5.74) is 1.54. The minimum atomic E-state index is -3.32. The summed E-state index contributed by atoms with van der Waals surface area (Å²) < 4.78 is 24.2. The number of aromatic nitrogens is 3. The first-order chi connectivity index (χ1) is 10.1.